The highest BCUT2D eigenvalue weighted by molar-refractivity contribution is 5.94. The number of aromatic amines is 1. The number of rotatable bonds is 6. The fourth-order valence-corrected chi connectivity index (χ4v) is 7.12. The molecule has 3 heterocycles. The minimum Gasteiger partial charge on any atom is -0.481 e. The molecule has 10 heteroatoms. The molecule has 2 aromatic rings. The van der Waals surface area contributed by atoms with Crippen molar-refractivity contribution in [1.82, 2.24) is 25.4 Å². The summed E-state index contributed by atoms with van der Waals surface area (Å²) in [6, 6.07) is 3.09. The molecule has 2 amide bonds. The van der Waals surface area contributed by atoms with Gasteiger partial charge in [-0.15, -0.1) is 0 Å². The van der Waals surface area contributed by atoms with Crippen molar-refractivity contribution in [2.24, 2.45) is 11.3 Å². The topological polar surface area (TPSA) is 120 Å². The van der Waals surface area contributed by atoms with Crippen LogP contribution in [0, 0.1) is 17.2 Å². The predicted molar refractivity (Wildman–Crippen MR) is 137 cm³/mol. The zero-order valence-electron chi connectivity index (χ0n) is 22.1. The number of amides is 2. The van der Waals surface area contributed by atoms with E-state index in [0.29, 0.717) is 30.8 Å². The number of piperidine rings is 1. The zero-order chi connectivity index (χ0) is 26.7. The van der Waals surface area contributed by atoms with Crippen molar-refractivity contribution in [3.63, 3.8) is 0 Å². The summed E-state index contributed by atoms with van der Waals surface area (Å²) in [6.07, 6.45) is 9.45. The number of carbonyl (C=O) groups is 2. The molecule has 1 spiro atoms. The Labute approximate surface area is 221 Å². The first kappa shape index (κ1) is 25.3. The van der Waals surface area contributed by atoms with Gasteiger partial charge in [-0.05, 0) is 82.6 Å². The third kappa shape index (κ3) is 4.26. The number of nitrogens with zero attached hydrogens (tertiary/aromatic N) is 3. The largest absolute Gasteiger partial charge is 0.481 e. The van der Waals surface area contributed by atoms with E-state index < -0.39 is 11.4 Å². The van der Waals surface area contributed by atoms with E-state index in [4.69, 9.17) is 4.74 Å². The number of aromatic nitrogens is 3. The molecule has 3 N–H and O–H groups in total. The van der Waals surface area contributed by atoms with Crippen molar-refractivity contribution in [2.45, 2.75) is 88.3 Å². The quantitative estimate of drug-likeness (QED) is 0.530. The number of likely N-dealkylation sites (tertiary alicyclic amines) is 1. The van der Waals surface area contributed by atoms with Crippen molar-refractivity contribution >= 4 is 11.8 Å². The van der Waals surface area contributed by atoms with E-state index >= 15 is 0 Å². The second-order valence-electron chi connectivity index (χ2n) is 12.1. The van der Waals surface area contributed by atoms with Crippen LogP contribution in [0.4, 0.5) is 4.39 Å². The normalized spacial score (nSPS) is 30.2. The van der Waals surface area contributed by atoms with Gasteiger partial charge in [0.05, 0.1) is 24.6 Å². The summed E-state index contributed by atoms with van der Waals surface area (Å²) in [7, 11) is 1.45. The van der Waals surface area contributed by atoms with Crippen LogP contribution in [-0.4, -0.2) is 67.8 Å². The third-order valence-electron chi connectivity index (χ3n) is 10.0. The monoisotopic (exact) mass is 525 g/mol. The van der Waals surface area contributed by atoms with Gasteiger partial charge in [-0.25, -0.2) is 9.37 Å². The molecule has 2 atom stereocenters. The van der Waals surface area contributed by atoms with Crippen molar-refractivity contribution in [3.05, 3.63) is 29.8 Å². The molecule has 9 nitrogen and oxygen atoms in total. The molecule has 1 saturated heterocycles. The summed E-state index contributed by atoms with van der Waals surface area (Å²) in [6.45, 7) is 2.62. The number of H-pyrrole nitrogens is 1. The number of hydrogen-bond acceptors (Lipinski definition) is 6. The molecule has 4 saturated carbocycles. The first-order valence-electron chi connectivity index (χ1n) is 13.8. The van der Waals surface area contributed by atoms with Crippen molar-refractivity contribution in [3.8, 4) is 17.1 Å². The Morgan fingerprint density at radius 3 is 2.55 bits per heavy atom. The van der Waals surface area contributed by atoms with Gasteiger partial charge >= 0.3 is 0 Å². The Balaban J connectivity index is 1.11. The van der Waals surface area contributed by atoms with E-state index in [0.717, 1.165) is 57.6 Å². The molecular formula is C28H36FN5O4. The van der Waals surface area contributed by atoms with Crippen LogP contribution in [0.25, 0.3) is 11.3 Å². The lowest BCUT2D eigenvalue weighted by Gasteiger charge is -2.54. The van der Waals surface area contributed by atoms with E-state index in [-0.39, 0.29) is 46.2 Å². The molecule has 204 valence electrons. The van der Waals surface area contributed by atoms with Gasteiger partial charge in [0.15, 0.2) is 5.82 Å². The minimum atomic E-state index is -0.548. The summed E-state index contributed by atoms with van der Waals surface area (Å²) in [4.78, 5) is 32.6. The van der Waals surface area contributed by atoms with Crippen LogP contribution >= 0.6 is 0 Å². The number of ether oxygens (including phenoxy) is 1. The molecule has 0 radical (unpaired) electrons. The zero-order valence-corrected chi connectivity index (χ0v) is 22.1. The van der Waals surface area contributed by atoms with Gasteiger partial charge in [0.2, 0.25) is 11.8 Å². The maximum absolute atomic E-state index is 14.4. The fraction of sp³-hybridized carbons (Fsp3) is 0.643. The second kappa shape index (κ2) is 9.03. The van der Waals surface area contributed by atoms with Crippen LogP contribution in [0.2, 0.25) is 0 Å². The van der Waals surface area contributed by atoms with Gasteiger partial charge < -0.3 is 20.1 Å². The molecule has 5 aliphatic rings. The summed E-state index contributed by atoms with van der Waals surface area (Å²) < 4.78 is 19.5. The lowest BCUT2D eigenvalue weighted by atomic mass is 9.56. The summed E-state index contributed by atoms with van der Waals surface area (Å²) in [5.74, 6) is -0.502. The van der Waals surface area contributed by atoms with E-state index in [1.165, 1.54) is 13.2 Å². The van der Waals surface area contributed by atoms with Gasteiger partial charge in [0.25, 0.3) is 5.91 Å². The Kier molecular flexibility index (Phi) is 6.01. The number of nitrogens with one attached hydrogen (secondary N) is 2. The number of halogens is 1. The summed E-state index contributed by atoms with van der Waals surface area (Å²) in [5, 5.41) is 20.8. The lowest BCUT2D eigenvalue weighted by Crippen LogP contribution is -2.57. The molecule has 0 aromatic carbocycles. The van der Waals surface area contributed by atoms with E-state index in [2.05, 4.69) is 27.4 Å². The van der Waals surface area contributed by atoms with E-state index in [9.17, 15) is 19.1 Å². The number of pyridine rings is 1. The average Bonchev–Trinajstić information content (AvgIpc) is 3.50. The Morgan fingerprint density at radius 1 is 1.18 bits per heavy atom. The summed E-state index contributed by atoms with van der Waals surface area (Å²) in [5.41, 5.74) is 0.108. The van der Waals surface area contributed by atoms with Crippen LogP contribution in [0.15, 0.2) is 18.3 Å². The smallest absolute Gasteiger partial charge is 0.272 e. The predicted octanol–water partition coefficient (Wildman–Crippen LogP) is 3.59. The first-order valence-corrected chi connectivity index (χ1v) is 13.8. The Morgan fingerprint density at radius 2 is 1.89 bits per heavy atom. The molecule has 7 rings (SSSR count). The fourth-order valence-electron chi connectivity index (χ4n) is 7.12. The molecule has 2 bridgehead atoms. The van der Waals surface area contributed by atoms with Gasteiger partial charge in [-0.2, -0.15) is 5.10 Å². The van der Waals surface area contributed by atoms with Crippen LogP contribution in [-0.2, 0) is 4.79 Å². The van der Waals surface area contributed by atoms with Crippen LogP contribution < -0.4 is 10.1 Å². The Bertz CT molecular complexity index is 1230. The maximum Gasteiger partial charge on any atom is 0.272 e. The van der Waals surface area contributed by atoms with Crippen LogP contribution in [0.3, 0.4) is 0 Å². The number of carbonyl (C=O) groups excluding carboxylic acids is 2. The van der Waals surface area contributed by atoms with Crippen LogP contribution in [0.5, 0.6) is 5.88 Å². The highest BCUT2D eigenvalue weighted by atomic mass is 19.1. The van der Waals surface area contributed by atoms with Gasteiger partial charge in [-0.3, -0.25) is 14.7 Å². The highest BCUT2D eigenvalue weighted by Gasteiger charge is 2.55. The van der Waals surface area contributed by atoms with Crippen molar-refractivity contribution in [2.75, 3.05) is 13.7 Å². The number of methoxy groups -OCH3 is 1. The first-order chi connectivity index (χ1) is 18.2. The summed E-state index contributed by atoms with van der Waals surface area (Å²) >= 11 is 0. The second-order valence-corrected chi connectivity index (χ2v) is 12.1. The number of aliphatic hydroxyl groups is 1. The highest BCUT2D eigenvalue weighted by Crippen LogP contribution is 2.54. The maximum atomic E-state index is 14.4. The standard InChI is InChI=1S/C28H36FN5O4/c1-17(26-4-9-28(37,10-5-26)11-6-26)31-24(35)18-3-12-34(27(15-18)7-8-27)25(36)22-14-21(32-33-22)19-13-23(38-2)30-16-20(19)29/h13-14,16-18,37H,3-12,15H2,1-2H3,(H,31,35)(H,32,33)/t17-,18+,26?,28?/m1/s1. The van der Waals surface area contributed by atoms with Crippen molar-refractivity contribution in [1.29, 1.82) is 0 Å². The van der Waals surface area contributed by atoms with Gasteiger partial charge in [0, 0.05) is 35.7 Å². The Hall–Kier alpha value is -3.01. The van der Waals surface area contributed by atoms with Gasteiger partial charge in [-0.1, -0.05) is 0 Å². The molecule has 4 aliphatic carbocycles. The third-order valence-corrected chi connectivity index (χ3v) is 10.0. The van der Waals surface area contributed by atoms with E-state index in [1.54, 1.807) is 6.07 Å². The van der Waals surface area contributed by atoms with Gasteiger partial charge in [0.1, 0.15) is 5.69 Å². The minimum absolute atomic E-state index is 0.0743. The molecular weight excluding hydrogens is 489 g/mol. The molecule has 38 heavy (non-hydrogen) atoms. The van der Waals surface area contributed by atoms with Crippen molar-refractivity contribution < 1.29 is 23.8 Å². The SMILES string of the molecule is COc1cc(-c2cc(C(=O)N3CC[C@H](C(=O)N[C@H](C)C45CCC(O)(CC4)CC5)CC34CC4)[nH]n2)c(F)cn1. The van der Waals surface area contributed by atoms with Crippen LogP contribution in [0.1, 0.15) is 81.6 Å². The number of fused-ring (bicyclic) bond motifs is 3. The number of hydrogen-bond donors (Lipinski definition) is 3. The van der Waals surface area contributed by atoms with E-state index in [1.807, 2.05) is 4.90 Å². The molecule has 2 aromatic heterocycles. The lowest BCUT2D eigenvalue weighted by molar-refractivity contribution is -0.132. The molecule has 1 aliphatic heterocycles. The average molecular weight is 526 g/mol. The molecule has 5 fully saturated rings. The molecule has 0 unspecified atom stereocenters.